The molecule has 0 fully saturated rings. The highest BCUT2D eigenvalue weighted by Gasteiger charge is 2.27. The third kappa shape index (κ3) is 3.39. The van der Waals surface area contributed by atoms with Gasteiger partial charge in [0.1, 0.15) is 11.2 Å². The minimum atomic E-state index is -0.639. The molecule has 2 unspecified atom stereocenters. The van der Waals surface area contributed by atoms with E-state index in [2.05, 4.69) is 10.3 Å². The Morgan fingerprint density at radius 3 is 2.25 bits per heavy atom. The van der Waals surface area contributed by atoms with Crippen molar-refractivity contribution >= 4 is 40.4 Å². The van der Waals surface area contributed by atoms with E-state index >= 15 is 0 Å². The third-order valence-electron chi connectivity index (χ3n) is 3.86. The Hall–Kier alpha value is -2.46. The molecule has 1 heterocycles. The highest BCUT2D eigenvalue weighted by atomic mass is 35.5. The molecule has 0 saturated carbocycles. The van der Waals surface area contributed by atoms with Crippen LogP contribution in [0.15, 0.2) is 64.6 Å². The van der Waals surface area contributed by atoms with Crippen LogP contribution in [-0.4, -0.2) is 22.8 Å². The first-order chi connectivity index (χ1) is 11.6. The van der Waals surface area contributed by atoms with Crippen LogP contribution in [-0.2, 0) is 4.79 Å². The van der Waals surface area contributed by atoms with Gasteiger partial charge in [0, 0.05) is 5.71 Å². The Labute approximate surface area is 146 Å². The van der Waals surface area contributed by atoms with Gasteiger partial charge in [0.2, 0.25) is 5.91 Å². The van der Waals surface area contributed by atoms with E-state index in [1.165, 1.54) is 0 Å². The lowest BCUT2D eigenvalue weighted by Gasteiger charge is -2.19. The lowest BCUT2D eigenvalue weighted by molar-refractivity contribution is -0.119. The number of benzene rings is 2. The van der Waals surface area contributed by atoms with Crippen LogP contribution in [0.1, 0.15) is 25.3 Å². The van der Waals surface area contributed by atoms with Crippen molar-refractivity contribution in [1.82, 2.24) is 5.32 Å². The van der Waals surface area contributed by atoms with Gasteiger partial charge in [0.05, 0.1) is 17.3 Å². The molecule has 1 amide bonds. The lowest BCUT2D eigenvalue weighted by atomic mass is 9.93. The Morgan fingerprint density at radius 2 is 1.62 bits per heavy atom. The number of amidine groups is 1. The second kappa shape index (κ2) is 6.97. The molecule has 4 nitrogen and oxygen atoms in total. The molecular weight excluding hydrogens is 322 g/mol. The smallest absolute Gasteiger partial charge is 0.243 e. The van der Waals surface area contributed by atoms with Gasteiger partial charge in [-0.3, -0.25) is 9.79 Å². The van der Waals surface area contributed by atoms with Crippen LogP contribution in [0.5, 0.6) is 0 Å². The number of halogens is 1. The SMILES string of the molecule is CC1=Nc2ccccc2N=C(NC(=O)C(C)Cl)C1c1ccccc1. The standard InChI is InChI=1S/C19H18ClN3O/c1-12(20)19(24)23-18-17(14-8-4-3-5-9-14)13(2)21-15-10-6-7-11-16(15)22-18/h3-12,17H,1-2H3,(H,22,23,24). The molecule has 122 valence electrons. The monoisotopic (exact) mass is 339 g/mol. The second-order valence-corrected chi connectivity index (χ2v) is 6.34. The summed E-state index contributed by atoms with van der Waals surface area (Å²) in [5.41, 5.74) is 3.41. The van der Waals surface area contributed by atoms with Crippen LogP contribution >= 0.6 is 11.6 Å². The van der Waals surface area contributed by atoms with Crippen LogP contribution in [0, 0.1) is 0 Å². The topological polar surface area (TPSA) is 53.8 Å². The minimum Gasteiger partial charge on any atom is -0.312 e. The van der Waals surface area contributed by atoms with E-state index < -0.39 is 5.38 Å². The van der Waals surface area contributed by atoms with Gasteiger partial charge in [-0.1, -0.05) is 42.5 Å². The van der Waals surface area contributed by atoms with E-state index in [9.17, 15) is 4.79 Å². The van der Waals surface area contributed by atoms with Crippen LogP contribution in [0.3, 0.4) is 0 Å². The molecule has 2 atom stereocenters. The zero-order valence-electron chi connectivity index (χ0n) is 13.5. The van der Waals surface area contributed by atoms with Crippen LogP contribution in [0.2, 0.25) is 0 Å². The number of carbonyl (C=O) groups excluding carboxylic acids is 1. The van der Waals surface area contributed by atoms with Gasteiger partial charge in [-0.25, -0.2) is 4.99 Å². The van der Waals surface area contributed by atoms with Crippen LogP contribution in [0.4, 0.5) is 11.4 Å². The van der Waals surface area contributed by atoms with Crippen molar-refractivity contribution in [2.45, 2.75) is 25.1 Å². The normalized spacial score (nSPS) is 17.9. The maximum Gasteiger partial charge on any atom is 0.243 e. The van der Waals surface area contributed by atoms with Gasteiger partial charge in [-0.15, -0.1) is 11.6 Å². The molecule has 0 bridgehead atoms. The number of carbonyl (C=O) groups is 1. The minimum absolute atomic E-state index is 0.224. The number of rotatable bonds is 2. The van der Waals surface area contributed by atoms with Crippen molar-refractivity contribution < 1.29 is 4.79 Å². The number of amides is 1. The molecule has 1 aliphatic heterocycles. The number of hydrogen-bond acceptors (Lipinski definition) is 3. The van der Waals surface area contributed by atoms with E-state index in [4.69, 9.17) is 16.6 Å². The molecule has 0 spiro atoms. The fourth-order valence-corrected chi connectivity index (χ4v) is 2.72. The maximum absolute atomic E-state index is 12.2. The molecular formula is C19H18ClN3O. The molecule has 0 aromatic heterocycles. The summed E-state index contributed by atoms with van der Waals surface area (Å²) >= 11 is 5.92. The Balaban J connectivity index is 2.12. The highest BCUT2D eigenvalue weighted by Crippen LogP contribution is 2.34. The van der Waals surface area contributed by atoms with Crippen LogP contribution in [0.25, 0.3) is 0 Å². The van der Waals surface area contributed by atoms with Gasteiger partial charge in [-0.05, 0) is 31.5 Å². The summed E-state index contributed by atoms with van der Waals surface area (Å²) in [7, 11) is 0. The lowest BCUT2D eigenvalue weighted by Crippen LogP contribution is -2.40. The molecule has 1 aliphatic rings. The molecule has 2 aromatic rings. The molecule has 3 rings (SSSR count). The van der Waals surface area contributed by atoms with Gasteiger partial charge in [0.15, 0.2) is 0 Å². The van der Waals surface area contributed by atoms with E-state index in [1.54, 1.807) is 6.92 Å². The molecule has 0 saturated heterocycles. The molecule has 1 N–H and O–H groups in total. The van der Waals surface area contributed by atoms with E-state index in [1.807, 2.05) is 61.5 Å². The van der Waals surface area contributed by atoms with Crippen molar-refractivity contribution in [3.63, 3.8) is 0 Å². The van der Waals surface area contributed by atoms with Crippen molar-refractivity contribution in [3.05, 3.63) is 60.2 Å². The van der Waals surface area contributed by atoms with E-state index in [0.29, 0.717) is 5.84 Å². The van der Waals surface area contributed by atoms with Crippen LogP contribution < -0.4 is 5.32 Å². The molecule has 2 aromatic carbocycles. The van der Waals surface area contributed by atoms with Crippen molar-refractivity contribution in [2.24, 2.45) is 9.98 Å². The van der Waals surface area contributed by atoms with Gasteiger partial charge in [0.25, 0.3) is 0 Å². The Morgan fingerprint density at radius 1 is 1.04 bits per heavy atom. The number of nitrogens with one attached hydrogen (secondary N) is 1. The quantitative estimate of drug-likeness (QED) is 0.812. The summed E-state index contributed by atoms with van der Waals surface area (Å²) in [6, 6.07) is 17.5. The molecule has 0 radical (unpaired) electrons. The number of alkyl halides is 1. The summed E-state index contributed by atoms with van der Waals surface area (Å²) in [6.07, 6.45) is 0. The predicted octanol–water partition coefficient (Wildman–Crippen LogP) is 4.35. The summed E-state index contributed by atoms with van der Waals surface area (Å²) in [5, 5.41) is 2.24. The largest absolute Gasteiger partial charge is 0.312 e. The van der Waals surface area contributed by atoms with Crippen molar-refractivity contribution in [3.8, 4) is 0 Å². The average Bonchev–Trinajstić information content (AvgIpc) is 2.70. The Kier molecular flexibility index (Phi) is 4.76. The molecule has 5 heteroatoms. The van der Waals surface area contributed by atoms with E-state index in [0.717, 1.165) is 22.6 Å². The summed E-state index contributed by atoms with van der Waals surface area (Å²) in [5.74, 6) is 0.0476. The average molecular weight is 340 g/mol. The zero-order chi connectivity index (χ0) is 17.1. The number of para-hydroxylation sites is 2. The molecule has 0 aliphatic carbocycles. The summed E-state index contributed by atoms with van der Waals surface area (Å²) < 4.78 is 0. The third-order valence-corrected chi connectivity index (χ3v) is 4.05. The second-order valence-electron chi connectivity index (χ2n) is 5.69. The van der Waals surface area contributed by atoms with Gasteiger partial charge in [-0.2, -0.15) is 0 Å². The Bertz CT molecular complexity index is 812. The van der Waals surface area contributed by atoms with Gasteiger partial charge < -0.3 is 5.32 Å². The maximum atomic E-state index is 12.2. The first-order valence-corrected chi connectivity index (χ1v) is 8.22. The fraction of sp³-hybridized carbons (Fsp3) is 0.211. The first-order valence-electron chi connectivity index (χ1n) is 7.79. The number of nitrogens with zero attached hydrogens (tertiary/aromatic N) is 2. The number of aliphatic imine (C=N–C) groups is 2. The van der Waals surface area contributed by atoms with Crippen molar-refractivity contribution in [1.29, 1.82) is 0 Å². The van der Waals surface area contributed by atoms with Gasteiger partial charge >= 0.3 is 0 Å². The fourth-order valence-electron chi connectivity index (χ4n) is 2.67. The predicted molar refractivity (Wildman–Crippen MR) is 98.9 cm³/mol. The summed E-state index contributed by atoms with van der Waals surface area (Å²) in [6.45, 7) is 3.59. The molecule has 24 heavy (non-hydrogen) atoms. The summed E-state index contributed by atoms with van der Waals surface area (Å²) in [4.78, 5) is 21.6. The van der Waals surface area contributed by atoms with E-state index in [-0.39, 0.29) is 11.8 Å². The highest BCUT2D eigenvalue weighted by molar-refractivity contribution is 6.32. The first kappa shape index (κ1) is 16.4. The number of fused-ring (bicyclic) bond motifs is 1. The zero-order valence-corrected chi connectivity index (χ0v) is 14.3. The van der Waals surface area contributed by atoms with Crippen molar-refractivity contribution in [2.75, 3.05) is 0 Å². The number of hydrogen-bond donors (Lipinski definition) is 1.